The Kier molecular flexibility index (Phi) is 5.05. The maximum Gasteiger partial charge on any atom is 0.270 e. The number of likely N-dealkylation sites (tertiary alicyclic amines) is 1. The van der Waals surface area contributed by atoms with Crippen molar-refractivity contribution in [3.8, 4) is 0 Å². The standard InChI is InChI=1S/C14H22BrN3O/c1-3-5-17-10-12(15)7-13(17)14(19)18-6-4-11(9-18)8-16-2/h7,10-11,16H,3-6,8-9H2,1-2H3. The number of aromatic nitrogens is 1. The van der Waals surface area contributed by atoms with Gasteiger partial charge in [-0.15, -0.1) is 0 Å². The fraction of sp³-hybridized carbons (Fsp3) is 0.643. The van der Waals surface area contributed by atoms with Gasteiger partial charge in [0.2, 0.25) is 0 Å². The summed E-state index contributed by atoms with van der Waals surface area (Å²) < 4.78 is 3.04. The summed E-state index contributed by atoms with van der Waals surface area (Å²) in [4.78, 5) is 14.6. The van der Waals surface area contributed by atoms with Crippen LogP contribution in [0, 0.1) is 5.92 Å². The third-order valence-corrected chi connectivity index (χ3v) is 4.05. The molecule has 0 spiro atoms. The Labute approximate surface area is 123 Å². The van der Waals surface area contributed by atoms with Crippen LogP contribution in [0.15, 0.2) is 16.7 Å². The number of carbonyl (C=O) groups is 1. The molecule has 19 heavy (non-hydrogen) atoms. The molecule has 4 nitrogen and oxygen atoms in total. The van der Waals surface area contributed by atoms with Gasteiger partial charge < -0.3 is 14.8 Å². The van der Waals surface area contributed by atoms with Crippen LogP contribution >= 0.6 is 15.9 Å². The van der Waals surface area contributed by atoms with Gasteiger partial charge in [-0.2, -0.15) is 0 Å². The Morgan fingerprint density at radius 2 is 2.37 bits per heavy atom. The minimum atomic E-state index is 0.165. The molecule has 1 aromatic rings. The highest BCUT2D eigenvalue weighted by Gasteiger charge is 2.28. The molecule has 1 saturated heterocycles. The quantitative estimate of drug-likeness (QED) is 0.901. The Hall–Kier alpha value is -0.810. The summed E-state index contributed by atoms with van der Waals surface area (Å²) in [5.41, 5.74) is 0.804. The van der Waals surface area contributed by atoms with E-state index in [0.717, 1.165) is 49.2 Å². The summed E-state index contributed by atoms with van der Waals surface area (Å²) >= 11 is 3.47. The highest BCUT2D eigenvalue weighted by Crippen LogP contribution is 2.21. The molecule has 106 valence electrons. The average molecular weight is 328 g/mol. The van der Waals surface area contributed by atoms with Gasteiger partial charge in [0.15, 0.2) is 0 Å². The van der Waals surface area contributed by atoms with E-state index in [1.165, 1.54) is 0 Å². The van der Waals surface area contributed by atoms with Crippen LogP contribution in [0.25, 0.3) is 0 Å². The van der Waals surface area contributed by atoms with Gasteiger partial charge in [0.05, 0.1) is 0 Å². The summed E-state index contributed by atoms with van der Waals surface area (Å²) in [6.45, 7) is 5.75. The second-order valence-corrected chi connectivity index (χ2v) is 6.12. The second-order valence-electron chi connectivity index (χ2n) is 5.20. The van der Waals surface area contributed by atoms with E-state index < -0.39 is 0 Å². The summed E-state index contributed by atoms with van der Waals surface area (Å²) in [5, 5.41) is 3.19. The topological polar surface area (TPSA) is 37.3 Å². The number of amides is 1. The average Bonchev–Trinajstić information content (AvgIpc) is 2.97. The molecular weight excluding hydrogens is 306 g/mol. The van der Waals surface area contributed by atoms with Gasteiger partial charge in [-0.3, -0.25) is 4.79 Å². The van der Waals surface area contributed by atoms with Gasteiger partial charge in [-0.25, -0.2) is 0 Å². The minimum Gasteiger partial charge on any atom is -0.342 e. The number of nitrogens with one attached hydrogen (secondary N) is 1. The first kappa shape index (κ1) is 14.6. The predicted octanol–water partition coefficient (Wildman–Crippen LogP) is 2.34. The Bertz CT molecular complexity index is 444. The molecule has 1 fully saturated rings. The Morgan fingerprint density at radius 1 is 1.58 bits per heavy atom. The normalized spacial score (nSPS) is 19.1. The van der Waals surface area contributed by atoms with E-state index in [2.05, 4.69) is 32.7 Å². The molecule has 1 aliphatic rings. The first-order valence-corrected chi connectivity index (χ1v) is 7.74. The van der Waals surface area contributed by atoms with Crippen LogP contribution in [0.4, 0.5) is 0 Å². The first-order valence-electron chi connectivity index (χ1n) is 6.95. The predicted molar refractivity (Wildman–Crippen MR) is 80.4 cm³/mol. The summed E-state index contributed by atoms with van der Waals surface area (Å²) in [6.07, 6.45) is 4.13. The van der Waals surface area contributed by atoms with Gasteiger partial charge in [-0.05, 0) is 54.3 Å². The molecule has 1 unspecified atom stereocenters. The zero-order valence-corrected chi connectivity index (χ0v) is 13.2. The number of nitrogens with zero attached hydrogens (tertiary/aromatic N) is 2. The molecule has 2 rings (SSSR count). The van der Waals surface area contributed by atoms with E-state index in [0.29, 0.717) is 5.92 Å². The van der Waals surface area contributed by atoms with Crippen molar-refractivity contribution in [2.45, 2.75) is 26.3 Å². The van der Waals surface area contributed by atoms with Crippen molar-refractivity contribution < 1.29 is 4.79 Å². The van der Waals surface area contributed by atoms with Gasteiger partial charge in [0, 0.05) is 30.3 Å². The molecule has 0 bridgehead atoms. The van der Waals surface area contributed by atoms with Gasteiger partial charge >= 0.3 is 0 Å². The van der Waals surface area contributed by atoms with E-state index in [1.54, 1.807) is 0 Å². The van der Waals surface area contributed by atoms with Crippen LogP contribution in [-0.2, 0) is 6.54 Å². The van der Waals surface area contributed by atoms with Crippen molar-refractivity contribution >= 4 is 21.8 Å². The molecule has 0 aromatic carbocycles. The smallest absolute Gasteiger partial charge is 0.270 e. The van der Waals surface area contributed by atoms with Crippen LogP contribution in [0.5, 0.6) is 0 Å². The number of halogens is 1. The van der Waals surface area contributed by atoms with Crippen LogP contribution in [-0.4, -0.2) is 42.1 Å². The lowest BCUT2D eigenvalue weighted by molar-refractivity contribution is 0.0776. The van der Waals surface area contributed by atoms with Gasteiger partial charge in [-0.1, -0.05) is 6.92 Å². The zero-order valence-electron chi connectivity index (χ0n) is 11.7. The highest BCUT2D eigenvalue weighted by molar-refractivity contribution is 9.10. The maximum absolute atomic E-state index is 12.6. The highest BCUT2D eigenvalue weighted by atomic mass is 79.9. The van der Waals surface area contributed by atoms with Crippen molar-refractivity contribution in [1.82, 2.24) is 14.8 Å². The Balaban J connectivity index is 2.07. The lowest BCUT2D eigenvalue weighted by Crippen LogP contribution is -2.31. The molecule has 0 saturated carbocycles. The van der Waals surface area contributed by atoms with Crippen LogP contribution in [0.1, 0.15) is 30.3 Å². The number of carbonyl (C=O) groups excluding carboxylic acids is 1. The summed E-state index contributed by atoms with van der Waals surface area (Å²) in [5.74, 6) is 0.754. The van der Waals surface area contributed by atoms with Crippen molar-refractivity contribution in [1.29, 1.82) is 0 Å². The second kappa shape index (κ2) is 6.57. The van der Waals surface area contributed by atoms with Crippen LogP contribution < -0.4 is 5.32 Å². The summed E-state index contributed by atoms with van der Waals surface area (Å²) in [6, 6.07) is 1.93. The monoisotopic (exact) mass is 327 g/mol. The lowest BCUT2D eigenvalue weighted by Gasteiger charge is -2.17. The maximum atomic E-state index is 12.6. The molecule has 1 aromatic heterocycles. The fourth-order valence-electron chi connectivity index (χ4n) is 2.71. The van der Waals surface area contributed by atoms with Crippen LogP contribution in [0.3, 0.4) is 0 Å². The van der Waals surface area contributed by atoms with Gasteiger partial charge in [0.25, 0.3) is 5.91 Å². The molecule has 1 atom stereocenters. The van der Waals surface area contributed by atoms with E-state index in [4.69, 9.17) is 0 Å². The summed E-state index contributed by atoms with van der Waals surface area (Å²) in [7, 11) is 1.97. The molecule has 0 radical (unpaired) electrons. The number of aryl methyl sites for hydroxylation is 1. The molecule has 1 amide bonds. The van der Waals surface area contributed by atoms with Gasteiger partial charge in [0.1, 0.15) is 5.69 Å². The molecule has 0 aliphatic carbocycles. The largest absolute Gasteiger partial charge is 0.342 e. The molecule has 2 heterocycles. The minimum absolute atomic E-state index is 0.165. The van der Waals surface area contributed by atoms with E-state index >= 15 is 0 Å². The zero-order chi connectivity index (χ0) is 13.8. The number of hydrogen-bond acceptors (Lipinski definition) is 2. The van der Waals surface area contributed by atoms with Crippen molar-refractivity contribution in [2.75, 3.05) is 26.7 Å². The molecule has 1 aliphatic heterocycles. The molecule has 5 heteroatoms. The van der Waals surface area contributed by atoms with E-state index in [1.807, 2.05) is 24.2 Å². The number of hydrogen-bond donors (Lipinski definition) is 1. The van der Waals surface area contributed by atoms with Crippen molar-refractivity contribution in [3.05, 3.63) is 22.4 Å². The molecular formula is C14H22BrN3O. The lowest BCUT2D eigenvalue weighted by atomic mass is 10.1. The fourth-order valence-corrected chi connectivity index (χ4v) is 3.18. The van der Waals surface area contributed by atoms with Crippen LogP contribution in [0.2, 0.25) is 0 Å². The van der Waals surface area contributed by atoms with E-state index in [9.17, 15) is 4.79 Å². The third-order valence-electron chi connectivity index (χ3n) is 3.61. The van der Waals surface area contributed by atoms with E-state index in [-0.39, 0.29) is 5.91 Å². The SMILES string of the molecule is CCCn1cc(Br)cc1C(=O)N1CCC(CNC)C1. The van der Waals surface area contributed by atoms with Crippen molar-refractivity contribution in [2.24, 2.45) is 5.92 Å². The third kappa shape index (κ3) is 3.39. The Morgan fingerprint density at radius 3 is 3.05 bits per heavy atom. The number of rotatable bonds is 5. The van der Waals surface area contributed by atoms with Crippen molar-refractivity contribution in [3.63, 3.8) is 0 Å². The first-order chi connectivity index (χ1) is 9.15. The molecule has 1 N–H and O–H groups in total.